The average molecular weight is 287 g/mol. The van der Waals surface area contributed by atoms with Gasteiger partial charge in [-0.25, -0.2) is 4.39 Å². The van der Waals surface area contributed by atoms with E-state index in [9.17, 15) is 9.18 Å². The van der Waals surface area contributed by atoms with Crippen LogP contribution in [0.25, 0.3) is 0 Å². The zero-order valence-electron chi connectivity index (χ0n) is 12.3. The van der Waals surface area contributed by atoms with E-state index in [1.165, 1.54) is 24.3 Å². The van der Waals surface area contributed by atoms with E-state index in [2.05, 4.69) is 5.32 Å². The molecule has 3 nitrogen and oxygen atoms in total. The number of anilines is 1. The lowest BCUT2D eigenvalue weighted by molar-refractivity contribution is -0.122. The second-order valence-corrected chi connectivity index (χ2v) is 4.97. The predicted molar refractivity (Wildman–Crippen MR) is 81.0 cm³/mol. The highest BCUT2D eigenvalue weighted by atomic mass is 19.1. The van der Waals surface area contributed by atoms with Crippen molar-refractivity contribution in [2.24, 2.45) is 0 Å². The molecule has 1 atom stereocenters. The van der Waals surface area contributed by atoms with Gasteiger partial charge in [0.25, 0.3) is 5.91 Å². The average Bonchev–Trinajstić information content (AvgIpc) is 2.45. The zero-order valence-corrected chi connectivity index (χ0v) is 12.3. The summed E-state index contributed by atoms with van der Waals surface area (Å²) in [5, 5.41) is 2.87. The maximum absolute atomic E-state index is 12.8. The molecule has 1 N–H and O–H groups in total. The highest BCUT2D eigenvalue weighted by Crippen LogP contribution is 2.20. The van der Waals surface area contributed by atoms with Crippen molar-refractivity contribution in [3.05, 3.63) is 59.4 Å². The minimum Gasteiger partial charge on any atom is -0.481 e. The molecule has 0 spiro atoms. The van der Waals surface area contributed by atoms with E-state index in [0.29, 0.717) is 5.75 Å². The molecule has 2 aromatic carbocycles. The molecule has 0 fully saturated rings. The summed E-state index contributed by atoms with van der Waals surface area (Å²) in [5.74, 6) is -0.118. The molecule has 0 saturated carbocycles. The van der Waals surface area contributed by atoms with Crippen molar-refractivity contribution < 1.29 is 13.9 Å². The second kappa shape index (κ2) is 6.39. The molecule has 0 heterocycles. The zero-order chi connectivity index (χ0) is 15.4. The molecule has 0 aliphatic carbocycles. The summed E-state index contributed by atoms with van der Waals surface area (Å²) in [6.07, 6.45) is -0.672. The van der Waals surface area contributed by atoms with E-state index in [0.717, 1.165) is 16.8 Å². The van der Waals surface area contributed by atoms with Crippen LogP contribution in [0.1, 0.15) is 18.1 Å². The van der Waals surface area contributed by atoms with E-state index in [1.54, 1.807) is 6.92 Å². The van der Waals surface area contributed by atoms with Gasteiger partial charge >= 0.3 is 0 Å². The van der Waals surface area contributed by atoms with Crippen LogP contribution in [0, 0.1) is 19.7 Å². The van der Waals surface area contributed by atoms with Crippen molar-refractivity contribution in [2.75, 3.05) is 5.32 Å². The van der Waals surface area contributed by atoms with Crippen molar-refractivity contribution in [1.82, 2.24) is 0 Å². The number of para-hydroxylation sites is 1. The number of benzene rings is 2. The first kappa shape index (κ1) is 15.0. The summed E-state index contributed by atoms with van der Waals surface area (Å²) < 4.78 is 18.3. The van der Waals surface area contributed by atoms with Gasteiger partial charge in [-0.3, -0.25) is 4.79 Å². The van der Waals surface area contributed by atoms with Crippen LogP contribution >= 0.6 is 0 Å². The van der Waals surface area contributed by atoms with Crippen molar-refractivity contribution in [1.29, 1.82) is 0 Å². The van der Waals surface area contributed by atoms with E-state index >= 15 is 0 Å². The summed E-state index contributed by atoms with van der Waals surface area (Å²) >= 11 is 0. The Morgan fingerprint density at radius 2 is 1.67 bits per heavy atom. The molecule has 21 heavy (non-hydrogen) atoms. The summed E-state index contributed by atoms with van der Waals surface area (Å²) in [7, 11) is 0. The largest absolute Gasteiger partial charge is 0.481 e. The molecule has 0 aliphatic rings. The molecule has 0 aromatic heterocycles. The van der Waals surface area contributed by atoms with Crippen LogP contribution in [-0.2, 0) is 4.79 Å². The molecule has 0 aliphatic heterocycles. The van der Waals surface area contributed by atoms with Gasteiger partial charge in [0, 0.05) is 5.69 Å². The Bertz CT molecular complexity index is 617. The Balaban J connectivity index is 2.04. The Labute approximate surface area is 123 Å². The summed E-state index contributed by atoms with van der Waals surface area (Å²) in [6.45, 7) is 5.54. The minimum atomic E-state index is -0.672. The van der Waals surface area contributed by atoms with Crippen LogP contribution in [0.2, 0.25) is 0 Å². The van der Waals surface area contributed by atoms with Crippen LogP contribution in [0.3, 0.4) is 0 Å². The molecule has 1 amide bonds. The van der Waals surface area contributed by atoms with Gasteiger partial charge in [0.05, 0.1) is 0 Å². The second-order valence-electron chi connectivity index (χ2n) is 4.97. The van der Waals surface area contributed by atoms with Crippen molar-refractivity contribution in [3.63, 3.8) is 0 Å². The fourth-order valence-electron chi connectivity index (χ4n) is 2.01. The van der Waals surface area contributed by atoms with Gasteiger partial charge in [0.15, 0.2) is 6.10 Å². The molecule has 0 radical (unpaired) electrons. The molecule has 0 bridgehead atoms. The molecule has 0 unspecified atom stereocenters. The van der Waals surface area contributed by atoms with E-state index < -0.39 is 6.10 Å². The SMILES string of the molecule is Cc1cccc(C)c1NC(=O)[C@@H](C)Oc1ccc(F)cc1. The fourth-order valence-corrected chi connectivity index (χ4v) is 2.01. The number of hydrogen-bond acceptors (Lipinski definition) is 2. The third kappa shape index (κ3) is 3.81. The first-order chi connectivity index (χ1) is 9.97. The third-order valence-corrected chi connectivity index (χ3v) is 3.23. The number of carbonyl (C=O) groups is 1. The topological polar surface area (TPSA) is 38.3 Å². The van der Waals surface area contributed by atoms with Crippen LogP contribution in [0.15, 0.2) is 42.5 Å². The van der Waals surface area contributed by atoms with Gasteiger partial charge in [0.1, 0.15) is 11.6 Å². The molecule has 2 rings (SSSR count). The number of carbonyl (C=O) groups excluding carboxylic acids is 1. The normalized spacial score (nSPS) is 11.8. The lowest BCUT2D eigenvalue weighted by Gasteiger charge is -2.17. The Kier molecular flexibility index (Phi) is 4.58. The third-order valence-electron chi connectivity index (χ3n) is 3.23. The number of hydrogen-bond donors (Lipinski definition) is 1. The number of halogens is 1. The van der Waals surface area contributed by atoms with E-state index in [-0.39, 0.29) is 11.7 Å². The van der Waals surface area contributed by atoms with Crippen LogP contribution in [0.5, 0.6) is 5.75 Å². The van der Waals surface area contributed by atoms with Crippen LogP contribution < -0.4 is 10.1 Å². The van der Waals surface area contributed by atoms with Gasteiger partial charge in [-0.15, -0.1) is 0 Å². The molecule has 110 valence electrons. The van der Waals surface area contributed by atoms with Crippen molar-refractivity contribution in [2.45, 2.75) is 26.9 Å². The number of ether oxygens (including phenoxy) is 1. The first-order valence-electron chi connectivity index (χ1n) is 6.76. The standard InChI is InChI=1S/C17H18FNO2/c1-11-5-4-6-12(2)16(11)19-17(20)13(3)21-15-9-7-14(18)8-10-15/h4-10,13H,1-3H3,(H,19,20)/t13-/m1/s1. The summed E-state index contributed by atoms with van der Waals surface area (Å²) in [6, 6.07) is 11.4. The van der Waals surface area contributed by atoms with Gasteiger partial charge in [-0.2, -0.15) is 0 Å². The summed E-state index contributed by atoms with van der Waals surface area (Å²) in [4.78, 5) is 12.2. The maximum Gasteiger partial charge on any atom is 0.265 e. The van der Waals surface area contributed by atoms with Crippen molar-refractivity contribution in [3.8, 4) is 5.75 Å². The van der Waals surface area contributed by atoms with E-state index in [1.807, 2.05) is 32.0 Å². The molecular formula is C17H18FNO2. The Morgan fingerprint density at radius 3 is 2.24 bits per heavy atom. The lowest BCUT2D eigenvalue weighted by atomic mass is 10.1. The molecular weight excluding hydrogens is 269 g/mol. The lowest BCUT2D eigenvalue weighted by Crippen LogP contribution is -2.30. The first-order valence-corrected chi connectivity index (χ1v) is 6.76. The quantitative estimate of drug-likeness (QED) is 0.927. The van der Waals surface area contributed by atoms with Gasteiger partial charge in [0.2, 0.25) is 0 Å². The van der Waals surface area contributed by atoms with Crippen LogP contribution in [-0.4, -0.2) is 12.0 Å². The Hall–Kier alpha value is -2.36. The molecule has 4 heteroatoms. The monoisotopic (exact) mass is 287 g/mol. The highest BCUT2D eigenvalue weighted by molar-refractivity contribution is 5.95. The van der Waals surface area contributed by atoms with Crippen molar-refractivity contribution >= 4 is 11.6 Å². The summed E-state index contributed by atoms with van der Waals surface area (Å²) in [5.41, 5.74) is 2.80. The van der Waals surface area contributed by atoms with Gasteiger partial charge < -0.3 is 10.1 Å². The maximum atomic E-state index is 12.8. The number of nitrogens with one attached hydrogen (secondary N) is 1. The Morgan fingerprint density at radius 1 is 1.10 bits per heavy atom. The van der Waals surface area contributed by atoms with Gasteiger partial charge in [-0.1, -0.05) is 18.2 Å². The van der Waals surface area contributed by atoms with Crippen LogP contribution in [0.4, 0.5) is 10.1 Å². The molecule has 0 saturated heterocycles. The van der Waals surface area contributed by atoms with E-state index in [4.69, 9.17) is 4.74 Å². The highest BCUT2D eigenvalue weighted by Gasteiger charge is 2.16. The number of amides is 1. The predicted octanol–water partition coefficient (Wildman–Crippen LogP) is 3.85. The molecule has 2 aromatic rings. The minimum absolute atomic E-state index is 0.239. The fraction of sp³-hybridized carbons (Fsp3) is 0.235. The van der Waals surface area contributed by atoms with Gasteiger partial charge in [-0.05, 0) is 56.2 Å². The number of aryl methyl sites for hydroxylation is 2. The smallest absolute Gasteiger partial charge is 0.265 e. The number of rotatable bonds is 4.